The van der Waals surface area contributed by atoms with Crippen molar-refractivity contribution in [2.24, 2.45) is 0 Å². The molecule has 0 aliphatic carbocycles. The number of hydrogen-bond acceptors (Lipinski definition) is 6. The second-order valence-electron chi connectivity index (χ2n) is 7.60. The fourth-order valence-corrected chi connectivity index (χ4v) is 3.72. The molecule has 3 rings (SSSR count). The van der Waals surface area contributed by atoms with Crippen LogP contribution in [0.25, 0.3) is 0 Å². The molecule has 8 heteroatoms. The van der Waals surface area contributed by atoms with E-state index in [-0.39, 0.29) is 11.6 Å². The number of aromatic nitrogens is 5. The Hall–Kier alpha value is -2.22. The van der Waals surface area contributed by atoms with E-state index in [0.717, 1.165) is 55.4 Å². The Kier molecular flexibility index (Phi) is 5.94. The predicted octanol–water partition coefficient (Wildman–Crippen LogP) is 1.42. The molecular weight excluding hydrogens is 342 g/mol. The maximum atomic E-state index is 12.7. The highest BCUT2D eigenvalue weighted by Crippen LogP contribution is 2.29. The number of nitrogens with zero attached hydrogens (tertiary/aromatic N) is 7. The van der Waals surface area contributed by atoms with Crippen molar-refractivity contribution in [3.63, 3.8) is 0 Å². The normalized spacial score (nSPS) is 17.7. The van der Waals surface area contributed by atoms with Crippen LogP contribution < -0.4 is 10.6 Å². The lowest BCUT2D eigenvalue weighted by molar-refractivity contribution is 0.367. The van der Waals surface area contributed by atoms with Crippen LogP contribution in [0.3, 0.4) is 0 Å². The van der Waals surface area contributed by atoms with Gasteiger partial charge in [0.05, 0.1) is 6.54 Å². The summed E-state index contributed by atoms with van der Waals surface area (Å²) in [5, 5.41) is 4.73. The van der Waals surface area contributed by atoms with E-state index in [1.807, 2.05) is 32.5 Å². The van der Waals surface area contributed by atoms with Gasteiger partial charge in [-0.1, -0.05) is 0 Å². The third-order valence-electron chi connectivity index (χ3n) is 5.42. The molecular formula is C19H31N7O. The van der Waals surface area contributed by atoms with Gasteiger partial charge in [0.2, 0.25) is 0 Å². The number of piperidine rings is 1. The quantitative estimate of drug-likeness (QED) is 0.763. The standard InChI is InChI=1S/C19H31N7O/c1-6-25-18(22-26(19(25)27)11-10-23(4)5)16-8-7-9-24(12-16)17-14(2)15(3)20-13-21-17/h13,16H,6-12H2,1-5H3. The second kappa shape index (κ2) is 8.21. The van der Waals surface area contributed by atoms with Crippen molar-refractivity contribution < 1.29 is 0 Å². The summed E-state index contributed by atoms with van der Waals surface area (Å²) in [6, 6.07) is 0. The van der Waals surface area contributed by atoms with Gasteiger partial charge in [0.25, 0.3) is 0 Å². The summed E-state index contributed by atoms with van der Waals surface area (Å²) in [7, 11) is 4.02. The van der Waals surface area contributed by atoms with Crippen molar-refractivity contribution in [3.8, 4) is 0 Å². The van der Waals surface area contributed by atoms with Gasteiger partial charge >= 0.3 is 5.69 Å². The average molecular weight is 374 g/mol. The van der Waals surface area contributed by atoms with Gasteiger partial charge in [-0.15, -0.1) is 0 Å². The number of rotatable bonds is 6. The Balaban J connectivity index is 1.86. The lowest BCUT2D eigenvalue weighted by Gasteiger charge is -2.34. The molecule has 1 unspecified atom stereocenters. The van der Waals surface area contributed by atoms with Crippen LogP contribution in [0.1, 0.15) is 42.8 Å². The van der Waals surface area contributed by atoms with E-state index >= 15 is 0 Å². The molecule has 2 aromatic heterocycles. The Morgan fingerprint density at radius 3 is 2.74 bits per heavy atom. The lowest BCUT2D eigenvalue weighted by Crippen LogP contribution is -2.37. The van der Waals surface area contributed by atoms with Gasteiger partial charge in [-0.2, -0.15) is 5.10 Å². The van der Waals surface area contributed by atoms with Crippen LogP contribution in [0.15, 0.2) is 11.1 Å². The molecule has 148 valence electrons. The van der Waals surface area contributed by atoms with E-state index in [1.54, 1.807) is 11.0 Å². The molecule has 8 nitrogen and oxygen atoms in total. The summed E-state index contributed by atoms with van der Waals surface area (Å²) in [6.07, 6.45) is 3.75. The number of hydrogen-bond donors (Lipinski definition) is 0. The second-order valence-corrected chi connectivity index (χ2v) is 7.60. The zero-order valence-electron chi connectivity index (χ0n) is 17.1. The topological polar surface area (TPSA) is 72.1 Å². The van der Waals surface area contributed by atoms with Crippen LogP contribution in [0.5, 0.6) is 0 Å². The van der Waals surface area contributed by atoms with E-state index in [0.29, 0.717) is 13.1 Å². The number of anilines is 1. The molecule has 0 amide bonds. The minimum atomic E-state index is 0.000495. The summed E-state index contributed by atoms with van der Waals surface area (Å²) in [5.41, 5.74) is 2.14. The first-order chi connectivity index (χ1) is 12.9. The SMILES string of the molecule is CCn1c(C2CCCN(c3ncnc(C)c3C)C2)nn(CCN(C)C)c1=O. The zero-order chi connectivity index (χ0) is 19.6. The van der Waals surface area contributed by atoms with Crippen molar-refractivity contribution in [1.82, 2.24) is 29.2 Å². The molecule has 27 heavy (non-hydrogen) atoms. The summed E-state index contributed by atoms with van der Waals surface area (Å²) in [6.45, 7) is 9.99. The Morgan fingerprint density at radius 2 is 2.04 bits per heavy atom. The van der Waals surface area contributed by atoms with Crippen molar-refractivity contribution in [3.05, 3.63) is 33.9 Å². The molecule has 0 saturated carbocycles. The predicted molar refractivity (Wildman–Crippen MR) is 106 cm³/mol. The first-order valence-corrected chi connectivity index (χ1v) is 9.77. The van der Waals surface area contributed by atoms with Gasteiger partial charge in [0.15, 0.2) is 0 Å². The molecule has 0 radical (unpaired) electrons. The molecule has 0 aromatic carbocycles. The monoisotopic (exact) mass is 373 g/mol. The fraction of sp³-hybridized carbons (Fsp3) is 0.684. The van der Waals surface area contributed by atoms with Gasteiger partial charge in [0.1, 0.15) is 18.0 Å². The van der Waals surface area contributed by atoms with E-state index in [2.05, 4.69) is 26.7 Å². The van der Waals surface area contributed by atoms with Gasteiger partial charge in [0, 0.05) is 43.4 Å². The van der Waals surface area contributed by atoms with Gasteiger partial charge < -0.3 is 9.80 Å². The molecule has 3 heterocycles. The molecule has 1 atom stereocenters. The van der Waals surface area contributed by atoms with Crippen molar-refractivity contribution in [2.45, 2.75) is 52.6 Å². The Bertz CT molecular complexity index is 839. The van der Waals surface area contributed by atoms with Crippen molar-refractivity contribution >= 4 is 5.82 Å². The highest BCUT2D eigenvalue weighted by molar-refractivity contribution is 5.48. The lowest BCUT2D eigenvalue weighted by atomic mass is 9.96. The molecule has 2 aromatic rings. The van der Waals surface area contributed by atoms with Crippen LogP contribution >= 0.6 is 0 Å². The van der Waals surface area contributed by atoms with Gasteiger partial charge in [-0.3, -0.25) is 4.57 Å². The smallest absolute Gasteiger partial charge is 0.345 e. The van der Waals surface area contributed by atoms with Gasteiger partial charge in [-0.05, 0) is 47.7 Å². The number of likely N-dealkylation sites (N-methyl/N-ethyl adjacent to an activating group) is 1. The highest BCUT2D eigenvalue weighted by Gasteiger charge is 2.28. The molecule has 1 aliphatic rings. The van der Waals surface area contributed by atoms with Crippen LogP contribution in [0.2, 0.25) is 0 Å². The highest BCUT2D eigenvalue weighted by atomic mass is 16.2. The Labute approximate surface area is 160 Å². The number of aryl methyl sites for hydroxylation is 1. The van der Waals surface area contributed by atoms with E-state index in [4.69, 9.17) is 5.10 Å². The molecule has 0 N–H and O–H groups in total. The van der Waals surface area contributed by atoms with Crippen LogP contribution in [0.4, 0.5) is 5.82 Å². The third kappa shape index (κ3) is 4.05. The summed E-state index contributed by atoms with van der Waals surface area (Å²) in [5.74, 6) is 2.15. The molecule has 1 fully saturated rings. The summed E-state index contributed by atoms with van der Waals surface area (Å²) >= 11 is 0. The molecule has 0 spiro atoms. The van der Waals surface area contributed by atoms with Crippen LogP contribution in [-0.4, -0.2) is 62.9 Å². The van der Waals surface area contributed by atoms with E-state index < -0.39 is 0 Å². The maximum Gasteiger partial charge on any atom is 0.345 e. The molecule has 1 aliphatic heterocycles. The van der Waals surface area contributed by atoms with Gasteiger partial charge in [-0.25, -0.2) is 19.4 Å². The largest absolute Gasteiger partial charge is 0.356 e. The zero-order valence-corrected chi connectivity index (χ0v) is 17.1. The molecule has 1 saturated heterocycles. The fourth-order valence-electron chi connectivity index (χ4n) is 3.72. The first-order valence-electron chi connectivity index (χ1n) is 9.77. The minimum absolute atomic E-state index is 0.000495. The van der Waals surface area contributed by atoms with E-state index in [9.17, 15) is 4.79 Å². The van der Waals surface area contributed by atoms with Crippen molar-refractivity contribution in [1.29, 1.82) is 0 Å². The Morgan fingerprint density at radius 1 is 1.26 bits per heavy atom. The average Bonchev–Trinajstić information content (AvgIpc) is 2.98. The third-order valence-corrected chi connectivity index (χ3v) is 5.42. The maximum absolute atomic E-state index is 12.7. The van der Waals surface area contributed by atoms with E-state index in [1.165, 1.54) is 0 Å². The summed E-state index contributed by atoms with van der Waals surface area (Å²) < 4.78 is 3.46. The summed E-state index contributed by atoms with van der Waals surface area (Å²) in [4.78, 5) is 25.9. The van der Waals surface area contributed by atoms with Crippen LogP contribution in [0, 0.1) is 13.8 Å². The van der Waals surface area contributed by atoms with Crippen LogP contribution in [-0.2, 0) is 13.1 Å². The van der Waals surface area contributed by atoms with Crippen molar-refractivity contribution in [2.75, 3.05) is 38.6 Å². The molecule has 0 bridgehead atoms. The first kappa shape index (κ1) is 19.5. The minimum Gasteiger partial charge on any atom is -0.356 e.